The highest BCUT2D eigenvalue weighted by Gasteiger charge is 2.13. The van der Waals surface area contributed by atoms with E-state index in [0.29, 0.717) is 5.82 Å². The van der Waals surface area contributed by atoms with Crippen molar-refractivity contribution in [1.82, 2.24) is 9.97 Å². The van der Waals surface area contributed by atoms with E-state index < -0.39 is 5.91 Å². The summed E-state index contributed by atoms with van der Waals surface area (Å²) in [4.78, 5) is 19.4. The summed E-state index contributed by atoms with van der Waals surface area (Å²) in [5.74, 6) is -0.219. The molecular weight excluding hydrogens is 254 g/mol. The first-order valence-corrected chi connectivity index (χ1v) is 6.48. The molecule has 102 valence electrons. The van der Waals surface area contributed by atoms with E-state index in [0.717, 1.165) is 30.8 Å². The molecule has 1 aromatic carbocycles. The van der Waals surface area contributed by atoms with Crippen LogP contribution in [0.3, 0.4) is 0 Å². The molecule has 0 bridgehead atoms. The van der Waals surface area contributed by atoms with Gasteiger partial charge in [0.1, 0.15) is 0 Å². The van der Waals surface area contributed by atoms with E-state index in [2.05, 4.69) is 26.7 Å². The summed E-state index contributed by atoms with van der Waals surface area (Å²) in [7, 11) is 0. The van der Waals surface area contributed by atoms with Gasteiger partial charge in [-0.15, -0.1) is 0 Å². The number of benzene rings is 1. The van der Waals surface area contributed by atoms with E-state index in [1.165, 1.54) is 18.0 Å². The molecule has 2 aromatic rings. The first-order valence-electron chi connectivity index (χ1n) is 6.48. The van der Waals surface area contributed by atoms with Gasteiger partial charge in [0.25, 0.3) is 5.91 Å². The Morgan fingerprint density at radius 2 is 2.15 bits per heavy atom. The van der Waals surface area contributed by atoms with Crippen LogP contribution in [0.15, 0.2) is 30.6 Å². The zero-order valence-corrected chi connectivity index (χ0v) is 10.9. The molecule has 4 N–H and O–H groups in total. The maximum atomic E-state index is 11.3. The number of anilines is 3. The van der Waals surface area contributed by atoms with Crippen LogP contribution in [-0.2, 0) is 6.42 Å². The smallest absolute Gasteiger partial charge is 0.271 e. The molecule has 0 radical (unpaired) electrons. The number of nitrogens with zero attached hydrogens (tertiary/aromatic N) is 2. The standard InChI is InChI=1S/C14H15N5O/c15-13(20)12-14(18-7-6-17-12)19-10-3-4-11-9(8-10)2-1-5-16-11/h3-4,6-8,16H,1-2,5H2,(H2,15,20)(H,18,19). The van der Waals surface area contributed by atoms with Gasteiger partial charge in [0.2, 0.25) is 0 Å². The number of aryl methyl sites for hydroxylation is 1. The highest BCUT2D eigenvalue weighted by atomic mass is 16.1. The first kappa shape index (κ1) is 12.4. The molecule has 1 aliphatic heterocycles. The minimum absolute atomic E-state index is 0.142. The van der Waals surface area contributed by atoms with Crippen LogP contribution >= 0.6 is 0 Å². The van der Waals surface area contributed by atoms with E-state index >= 15 is 0 Å². The van der Waals surface area contributed by atoms with Crippen molar-refractivity contribution >= 4 is 23.1 Å². The molecule has 6 nitrogen and oxygen atoms in total. The van der Waals surface area contributed by atoms with Gasteiger partial charge in [0.15, 0.2) is 11.5 Å². The van der Waals surface area contributed by atoms with Gasteiger partial charge in [-0.05, 0) is 36.6 Å². The summed E-state index contributed by atoms with van der Waals surface area (Å²) in [6.45, 7) is 1.01. The summed E-state index contributed by atoms with van der Waals surface area (Å²) >= 11 is 0. The Morgan fingerprint density at radius 1 is 1.30 bits per heavy atom. The number of carbonyl (C=O) groups is 1. The van der Waals surface area contributed by atoms with Crippen LogP contribution in [0.1, 0.15) is 22.5 Å². The third-order valence-corrected chi connectivity index (χ3v) is 3.24. The molecule has 0 aliphatic carbocycles. The van der Waals surface area contributed by atoms with Crippen molar-refractivity contribution < 1.29 is 4.79 Å². The second-order valence-corrected chi connectivity index (χ2v) is 4.65. The van der Waals surface area contributed by atoms with Crippen LogP contribution in [0, 0.1) is 0 Å². The van der Waals surface area contributed by atoms with E-state index in [4.69, 9.17) is 5.73 Å². The third kappa shape index (κ3) is 2.40. The Labute approximate surface area is 116 Å². The summed E-state index contributed by atoms with van der Waals surface area (Å²) < 4.78 is 0. The lowest BCUT2D eigenvalue weighted by Crippen LogP contribution is -2.16. The number of hydrogen-bond acceptors (Lipinski definition) is 5. The molecule has 3 rings (SSSR count). The zero-order valence-electron chi connectivity index (χ0n) is 10.9. The molecule has 6 heteroatoms. The second-order valence-electron chi connectivity index (χ2n) is 4.65. The van der Waals surface area contributed by atoms with Gasteiger partial charge in [-0.25, -0.2) is 9.97 Å². The van der Waals surface area contributed by atoms with Crippen LogP contribution in [-0.4, -0.2) is 22.4 Å². The van der Waals surface area contributed by atoms with Crippen LogP contribution < -0.4 is 16.4 Å². The van der Waals surface area contributed by atoms with Crippen LogP contribution in [0.2, 0.25) is 0 Å². The lowest BCUT2D eigenvalue weighted by molar-refractivity contribution is 0.0996. The molecule has 0 fully saturated rings. The molecule has 0 spiro atoms. The number of fused-ring (bicyclic) bond motifs is 1. The first-order chi connectivity index (χ1) is 9.74. The number of hydrogen-bond donors (Lipinski definition) is 3. The topological polar surface area (TPSA) is 92.9 Å². The molecule has 2 heterocycles. The van der Waals surface area contributed by atoms with E-state index in [1.807, 2.05) is 12.1 Å². The van der Waals surface area contributed by atoms with Crippen molar-refractivity contribution in [3.05, 3.63) is 41.9 Å². The fourth-order valence-corrected chi connectivity index (χ4v) is 2.30. The highest BCUT2D eigenvalue weighted by Crippen LogP contribution is 2.26. The van der Waals surface area contributed by atoms with Crippen LogP contribution in [0.5, 0.6) is 0 Å². The number of carbonyl (C=O) groups excluding carboxylic acids is 1. The predicted octanol–water partition coefficient (Wildman–Crippen LogP) is 1.68. The number of nitrogens with two attached hydrogens (primary N) is 1. The SMILES string of the molecule is NC(=O)c1nccnc1Nc1ccc2c(c1)CCCN2. The Morgan fingerprint density at radius 3 is 3.00 bits per heavy atom. The number of aromatic nitrogens is 2. The molecular formula is C14H15N5O. The van der Waals surface area contributed by atoms with Crippen molar-refractivity contribution in [3.8, 4) is 0 Å². The average molecular weight is 269 g/mol. The summed E-state index contributed by atoms with van der Waals surface area (Å²) in [6, 6.07) is 6.02. The molecule has 0 atom stereocenters. The average Bonchev–Trinajstić information content (AvgIpc) is 2.47. The minimum Gasteiger partial charge on any atom is -0.385 e. The van der Waals surface area contributed by atoms with E-state index in [9.17, 15) is 4.79 Å². The lowest BCUT2D eigenvalue weighted by Gasteiger charge is -2.19. The van der Waals surface area contributed by atoms with Gasteiger partial charge >= 0.3 is 0 Å². The quantitative estimate of drug-likeness (QED) is 0.788. The molecule has 0 unspecified atom stereocenters. The van der Waals surface area contributed by atoms with Crippen molar-refractivity contribution in [1.29, 1.82) is 0 Å². The number of nitrogens with one attached hydrogen (secondary N) is 2. The zero-order chi connectivity index (χ0) is 13.9. The number of amides is 1. The lowest BCUT2D eigenvalue weighted by atomic mass is 10.0. The van der Waals surface area contributed by atoms with Gasteiger partial charge in [0, 0.05) is 30.3 Å². The third-order valence-electron chi connectivity index (χ3n) is 3.24. The maximum absolute atomic E-state index is 11.3. The summed E-state index contributed by atoms with van der Waals surface area (Å²) in [6.07, 6.45) is 5.13. The van der Waals surface area contributed by atoms with Crippen LogP contribution in [0.4, 0.5) is 17.2 Å². The predicted molar refractivity (Wildman–Crippen MR) is 77.1 cm³/mol. The Hall–Kier alpha value is -2.63. The van der Waals surface area contributed by atoms with Crippen molar-refractivity contribution in [3.63, 3.8) is 0 Å². The Balaban J connectivity index is 1.90. The minimum atomic E-state index is -0.597. The van der Waals surface area contributed by atoms with Crippen LogP contribution in [0.25, 0.3) is 0 Å². The fourth-order valence-electron chi connectivity index (χ4n) is 2.30. The molecule has 0 saturated heterocycles. The number of primary amides is 1. The van der Waals surface area contributed by atoms with Gasteiger partial charge in [0.05, 0.1) is 0 Å². The largest absolute Gasteiger partial charge is 0.385 e. The van der Waals surface area contributed by atoms with Gasteiger partial charge in [-0.1, -0.05) is 0 Å². The molecule has 1 aromatic heterocycles. The van der Waals surface area contributed by atoms with Gasteiger partial charge in [-0.2, -0.15) is 0 Å². The Bertz CT molecular complexity index is 656. The molecule has 1 amide bonds. The maximum Gasteiger partial charge on any atom is 0.271 e. The van der Waals surface area contributed by atoms with Gasteiger partial charge < -0.3 is 16.4 Å². The normalized spacial score (nSPS) is 13.2. The van der Waals surface area contributed by atoms with E-state index in [1.54, 1.807) is 0 Å². The summed E-state index contributed by atoms with van der Waals surface area (Å²) in [5, 5.41) is 6.46. The number of rotatable bonds is 3. The molecule has 1 aliphatic rings. The molecule has 20 heavy (non-hydrogen) atoms. The van der Waals surface area contributed by atoms with Crippen molar-refractivity contribution in [2.45, 2.75) is 12.8 Å². The second kappa shape index (κ2) is 5.16. The van der Waals surface area contributed by atoms with Crippen molar-refractivity contribution in [2.24, 2.45) is 5.73 Å². The monoisotopic (exact) mass is 269 g/mol. The Kier molecular flexibility index (Phi) is 3.20. The fraction of sp³-hybridized carbons (Fsp3) is 0.214. The van der Waals surface area contributed by atoms with E-state index in [-0.39, 0.29) is 5.69 Å². The van der Waals surface area contributed by atoms with Gasteiger partial charge in [-0.3, -0.25) is 4.79 Å². The molecule has 0 saturated carbocycles. The summed E-state index contributed by atoms with van der Waals surface area (Å²) in [5.41, 5.74) is 8.72. The van der Waals surface area contributed by atoms with Crippen molar-refractivity contribution in [2.75, 3.05) is 17.2 Å². The highest BCUT2D eigenvalue weighted by molar-refractivity contribution is 5.96.